The largest absolute Gasteiger partial charge is 0.355 e. The lowest BCUT2D eigenvalue weighted by atomic mass is 10.1. The number of carbonyl (C=O) groups is 1. The molecule has 112 valence electrons. The topological polar surface area (TPSA) is 68.0 Å². The van der Waals surface area contributed by atoms with Gasteiger partial charge in [-0.25, -0.2) is 4.98 Å². The predicted molar refractivity (Wildman–Crippen MR) is 86.3 cm³/mol. The Morgan fingerprint density at radius 1 is 1.38 bits per heavy atom. The van der Waals surface area contributed by atoms with Crippen LogP contribution in [0, 0.1) is 6.92 Å². The van der Waals surface area contributed by atoms with Gasteiger partial charge in [-0.2, -0.15) is 0 Å². The molecule has 0 saturated carbocycles. The van der Waals surface area contributed by atoms with Crippen molar-refractivity contribution in [3.8, 4) is 0 Å². The van der Waals surface area contributed by atoms with E-state index in [-0.39, 0.29) is 5.91 Å². The van der Waals surface area contributed by atoms with E-state index >= 15 is 0 Å². The van der Waals surface area contributed by atoms with Gasteiger partial charge in [-0.1, -0.05) is 30.3 Å². The molecule has 0 radical (unpaired) electrons. The van der Waals surface area contributed by atoms with Crippen molar-refractivity contribution in [2.24, 2.45) is 5.73 Å². The van der Waals surface area contributed by atoms with Gasteiger partial charge in [0, 0.05) is 11.4 Å². The molecule has 21 heavy (non-hydrogen) atoms. The van der Waals surface area contributed by atoms with Gasteiger partial charge in [0.15, 0.2) is 0 Å². The minimum atomic E-state index is -0.488. The molecule has 1 amide bonds. The van der Waals surface area contributed by atoms with Crippen molar-refractivity contribution in [2.45, 2.75) is 32.2 Å². The van der Waals surface area contributed by atoms with Gasteiger partial charge in [0.2, 0.25) is 5.91 Å². The Morgan fingerprint density at radius 3 is 2.81 bits per heavy atom. The van der Waals surface area contributed by atoms with Crippen LogP contribution >= 0.6 is 11.3 Å². The summed E-state index contributed by atoms with van der Waals surface area (Å²) in [5.41, 5.74) is 9.96. The predicted octanol–water partition coefficient (Wildman–Crippen LogP) is 2.07. The molecule has 1 heterocycles. The molecule has 2 rings (SSSR count). The molecule has 0 bridgehead atoms. The van der Waals surface area contributed by atoms with Gasteiger partial charge in [-0.3, -0.25) is 4.79 Å². The van der Waals surface area contributed by atoms with E-state index in [2.05, 4.69) is 10.3 Å². The van der Waals surface area contributed by atoms with Crippen LogP contribution in [0.1, 0.15) is 22.6 Å². The number of hydrogen-bond donors (Lipinski definition) is 2. The molecule has 3 N–H and O–H groups in total. The summed E-state index contributed by atoms with van der Waals surface area (Å²) in [5.74, 6) is -0.0834. The summed E-state index contributed by atoms with van der Waals surface area (Å²) < 4.78 is 0. The number of aryl methyl sites for hydroxylation is 2. The number of carbonyl (C=O) groups excluding carboxylic acids is 1. The Kier molecular flexibility index (Phi) is 5.90. The van der Waals surface area contributed by atoms with Crippen LogP contribution in [0.25, 0.3) is 0 Å². The van der Waals surface area contributed by atoms with Crippen molar-refractivity contribution in [2.75, 3.05) is 6.54 Å². The van der Waals surface area contributed by atoms with E-state index in [1.54, 1.807) is 11.3 Å². The Bertz CT molecular complexity index is 568. The Labute approximate surface area is 129 Å². The van der Waals surface area contributed by atoms with Crippen molar-refractivity contribution >= 4 is 17.2 Å². The van der Waals surface area contributed by atoms with E-state index in [1.165, 1.54) is 4.88 Å². The van der Waals surface area contributed by atoms with Gasteiger partial charge in [0.1, 0.15) is 0 Å². The maximum absolute atomic E-state index is 11.9. The number of nitrogens with two attached hydrogens (primary N) is 1. The molecule has 0 unspecified atom stereocenters. The number of nitrogens with zero attached hydrogens (tertiary/aromatic N) is 1. The van der Waals surface area contributed by atoms with Gasteiger partial charge in [-0.05, 0) is 31.7 Å². The zero-order valence-electron chi connectivity index (χ0n) is 12.2. The molecule has 1 aromatic carbocycles. The Hall–Kier alpha value is -1.72. The number of rotatable bonds is 7. The normalized spacial score (nSPS) is 12.1. The maximum Gasteiger partial charge on any atom is 0.237 e. The smallest absolute Gasteiger partial charge is 0.237 e. The molecule has 0 saturated heterocycles. The first-order valence-electron chi connectivity index (χ1n) is 7.13. The number of aromatic nitrogens is 1. The van der Waals surface area contributed by atoms with Gasteiger partial charge >= 0.3 is 0 Å². The van der Waals surface area contributed by atoms with Crippen LogP contribution in [0.15, 0.2) is 35.8 Å². The lowest BCUT2D eigenvalue weighted by molar-refractivity contribution is -0.122. The van der Waals surface area contributed by atoms with Crippen LogP contribution in [0.4, 0.5) is 0 Å². The van der Waals surface area contributed by atoms with Crippen molar-refractivity contribution < 1.29 is 4.79 Å². The summed E-state index contributed by atoms with van der Waals surface area (Å²) in [4.78, 5) is 17.4. The highest BCUT2D eigenvalue weighted by molar-refractivity contribution is 7.09. The summed E-state index contributed by atoms with van der Waals surface area (Å²) in [6.45, 7) is 2.67. The highest BCUT2D eigenvalue weighted by Gasteiger charge is 2.13. The lowest BCUT2D eigenvalue weighted by Gasteiger charge is -2.12. The fourth-order valence-electron chi connectivity index (χ4n) is 2.12. The fourth-order valence-corrected chi connectivity index (χ4v) is 2.94. The summed E-state index contributed by atoms with van der Waals surface area (Å²) >= 11 is 1.67. The average molecular weight is 303 g/mol. The van der Waals surface area contributed by atoms with Crippen LogP contribution in [0.3, 0.4) is 0 Å². The first kappa shape index (κ1) is 15.7. The van der Waals surface area contributed by atoms with Crippen molar-refractivity contribution in [1.82, 2.24) is 10.3 Å². The summed E-state index contributed by atoms with van der Waals surface area (Å²) in [6, 6.07) is 9.35. The lowest BCUT2D eigenvalue weighted by Crippen LogP contribution is -2.42. The van der Waals surface area contributed by atoms with Crippen LogP contribution in [0.2, 0.25) is 0 Å². The molecule has 0 aliphatic heterocycles. The van der Waals surface area contributed by atoms with E-state index in [9.17, 15) is 4.79 Å². The highest BCUT2D eigenvalue weighted by Crippen LogP contribution is 2.13. The molecule has 0 spiro atoms. The molecule has 0 aliphatic rings. The maximum atomic E-state index is 11.9. The summed E-state index contributed by atoms with van der Waals surface area (Å²) in [7, 11) is 0. The molecular weight excluding hydrogens is 282 g/mol. The number of thiazole rings is 1. The molecule has 1 atom stereocenters. The van der Waals surface area contributed by atoms with Crippen molar-refractivity contribution in [3.05, 3.63) is 52.0 Å². The zero-order chi connectivity index (χ0) is 15.1. The molecule has 5 heteroatoms. The third-order valence-electron chi connectivity index (χ3n) is 3.36. The third-order valence-corrected chi connectivity index (χ3v) is 4.35. The SMILES string of the molecule is Cc1ncsc1CCCNC(=O)[C@@H](N)Cc1ccccc1. The quantitative estimate of drug-likeness (QED) is 0.769. The van der Waals surface area contributed by atoms with E-state index in [1.807, 2.05) is 42.8 Å². The first-order valence-corrected chi connectivity index (χ1v) is 8.01. The molecule has 2 aromatic rings. The van der Waals surface area contributed by atoms with E-state index in [0.29, 0.717) is 13.0 Å². The van der Waals surface area contributed by atoms with E-state index in [4.69, 9.17) is 5.73 Å². The fraction of sp³-hybridized carbons (Fsp3) is 0.375. The standard InChI is InChI=1S/C16H21N3OS/c1-12-15(21-11-19-12)8-5-9-18-16(20)14(17)10-13-6-3-2-4-7-13/h2-4,6-7,11,14H,5,8-10,17H2,1H3,(H,18,20)/t14-/m0/s1. The molecule has 4 nitrogen and oxygen atoms in total. The molecular formula is C16H21N3OS. The van der Waals surface area contributed by atoms with Crippen LogP contribution in [0.5, 0.6) is 0 Å². The number of amides is 1. The summed E-state index contributed by atoms with van der Waals surface area (Å²) in [6.07, 6.45) is 2.43. The zero-order valence-corrected chi connectivity index (χ0v) is 13.0. The molecule has 0 fully saturated rings. The average Bonchev–Trinajstić information content (AvgIpc) is 2.90. The highest BCUT2D eigenvalue weighted by atomic mass is 32.1. The second kappa shape index (κ2) is 7.90. The minimum Gasteiger partial charge on any atom is -0.355 e. The van der Waals surface area contributed by atoms with Crippen molar-refractivity contribution in [1.29, 1.82) is 0 Å². The second-order valence-corrected chi connectivity index (χ2v) is 5.99. The minimum absolute atomic E-state index is 0.0834. The van der Waals surface area contributed by atoms with E-state index in [0.717, 1.165) is 24.1 Å². The Morgan fingerprint density at radius 2 is 2.14 bits per heavy atom. The number of hydrogen-bond acceptors (Lipinski definition) is 4. The first-order chi connectivity index (χ1) is 10.2. The third kappa shape index (κ3) is 4.95. The Balaban J connectivity index is 1.68. The van der Waals surface area contributed by atoms with Crippen molar-refractivity contribution in [3.63, 3.8) is 0 Å². The number of nitrogens with one attached hydrogen (secondary N) is 1. The van der Waals surface area contributed by atoms with E-state index < -0.39 is 6.04 Å². The van der Waals surface area contributed by atoms with Crippen LogP contribution in [-0.2, 0) is 17.6 Å². The van der Waals surface area contributed by atoms with Gasteiger partial charge in [-0.15, -0.1) is 11.3 Å². The monoisotopic (exact) mass is 303 g/mol. The second-order valence-electron chi connectivity index (χ2n) is 5.05. The van der Waals surface area contributed by atoms with Crippen LogP contribution < -0.4 is 11.1 Å². The van der Waals surface area contributed by atoms with Crippen LogP contribution in [-0.4, -0.2) is 23.5 Å². The van der Waals surface area contributed by atoms with Gasteiger partial charge in [0.05, 0.1) is 17.2 Å². The number of benzene rings is 1. The summed E-state index contributed by atoms with van der Waals surface area (Å²) in [5, 5.41) is 2.90. The molecule has 0 aliphatic carbocycles. The molecule has 1 aromatic heterocycles. The van der Waals surface area contributed by atoms with Gasteiger partial charge in [0.25, 0.3) is 0 Å². The van der Waals surface area contributed by atoms with Gasteiger partial charge < -0.3 is 11.1 Å².